The minimum Gasteiger partial charge on any atom is -0.420 e. The minimum atomic E-state index is -2.19. The highest BCUT2D eigenvalue weighted by atomic mass is 28.5. The summed E-state index contributed by atoms with van der Waals surface area (Å²) in [5, 5.41) is 0. The van der Waals surface area contributed by atoms with Crippen LogP contribution in [0.1, 0.15) is 0 Å². The first-order chi connectivity index (χ1) is 6.45. The largest absolute Gasteiger partial charge is 0.420 e. The summed E-state index contributed by atoms with van der Waals surface area (Å²) in [6.45, 7) is 11.8. The Bertz CT molecular complexity index is 200. The van der Waals surface area contributed by atoms with E-state index in [1.807, 2.05) is 31.9 Å². The van der Waals surface area contributed by atoms with E-state index in [-0.39, 0.29) is 0 Å². The van der Waals surface area contributed by atoms with Gasteiger partial charge in [0, 0.05) is 0 Å². The van der Waals surface area contributed by atoms with Crippen molar-refractivity contribution in [3.05, 3.63) is 12.3 Å². The lowest BCUT2D eigenvalue weighted by atomic mass is 11.3. The van der Waals surface area contributed by atoms with Gasteiger partial charge < -0.3 is 16.5 Å². The summed E-state index contributed by atoms with van der Waals surface area (Å²) in [6, 6.07) is 0. The zero-order chi connectivity index (χ0) is 10.8. The lowest BCUT2D eigenvalue weighted by Gasteiger charge is -2.34. The molecule has 4 nitrogen and oxygen atoms in total. The number of hydrogen-bond donors (Lipinski definition) is 0. The Balaban J connectivity index is 2.69. The van der Waals surface area contributed by atoms with Gasteiger partial charge in [0.2, 0.25) is 0 Å². The van der Waals surface area contributed by atoms with E-state index in [2.05, 4.69) is 6.58 Å². The van der Waals surface area contributed by atoms with Crippen LogP contribution >= 0.6 is 0 Å². The van der Waals surface area contributed by atoms with Gasteiger partial charge in [0.1, 0.15) is 0 Å². The molecule has 0 aliphatic carbocycles. The molecule has 82 valence electrons. The molecule has 0 aromatic heterocycles. The van der Waals surface area contributed by atoms with E-state index in [0.717, 1.165) is 0 Å². The number of rotatable bonds is 1. The lowest BCUT2D eigenvalue weighted by molar-refractivity contribution is 0.283. The van der Waals surface area contributed by atoms with Crippen LogP contribution in [0.2, 0.25) is 26.2 Å². The Morgan fingerprint density at radius 1 is 1.00 bits per heavy atom. The maximum absolute atomic E-state index is 5.87. The smallest absolute Gasteiger partial charge is 0.343 e. The second-order valence-electron chi connectivity index (χ2n) is 3.43. The maximum Gasteiger partial charge on any atom is 0.343 e. The fourth-order valence-electron chi connectivity index (χ4n) is 1.41. The molecule has 1 rings (SSSR count). The Labute approximate surface area is 91.6 Å². The van der Waals surface area contributed by atoms with Crippen LogP contribution in [-0.4, -0.2) is 36.4 Å². The van der Waals surface area contributed by atoms with Crippen LogP contribution in [0.4, 0.5) is 0 Å². The van der Waals surface area contributed by atoms with Gasteiger partial charge in [-0.25, -0.2) is 0 Å². The topological polar surface area (TPSA) is 36.9 Å². The SMILES string of the molecule is C=C[Si]1(C)O[SiH](C)O[SiH](C)O[SiH](C)O1. The zero-order valence-corrected chi connectivity index (χ0v) is 13.6. The molecule has 2 unspecified atom stereocenters. The van der Waals surface area contributed by atoms with E-state index < -0.39 is 36.4 Å². The van der Waals surface area contributed by atoms with Gasteiger partial charge in [-0.15, -0.1) is 6.58 Å². The third kappa shape index (κ3) is 3.55. The highest BCUT2D eigenvalue weighted by molar-refractivity contribution is 6.83. The zero-order valence-electron chi connectivity index (χ0n) is 9.15. The fraction of sp³-hybridized carbons (Fsp3) is 0.667. The summed E-state index contributed by atoms with van der Waals surface area (Å²) in [7, 11) is -6.82. The van der Waals surface area contributed by atoms with Crippen molar-refractivity contribution < 1.29 is 16.5 Å². The molecule has 0 radical (unpaired) electrons. The van der Waals surface area contributed by atoms with Crippen LogP contribution in [0.15, 0.2) is 12.3 Å². The second kappa shape index (κ2) is 4.98. The van der Waals surface area contributed by atoms with Crippen molar-refractivity contribution in [2.45, 2.75) is 26.2 Å². The van der Waals surface area contributed by atoms with Crippen molar-refractivity contribution in [2.24, 2.45) is 0 Å². The molecule has 1 aliphatic rings. The van der Waals surface area contributed by atoms with Gasteiger partial charge in [-0.05, 0) is 26.2 Å². The normalized spacial score (nSPS) is 45.3. The Morgan fingerprint density at radius 2 is 1.43 bits per heavy atom. The van der Waals surface area contributed by atoms with Gasteiger partial charge in [-0.3, -0.25) is 0 Å². The van der Waals surface area contributed by atoms with Crippen LogP contribution in [0.25, 0.3) is 0 Å². The molecule has 1 heterocycles. The Morgan fingerprint density at radius 3 is 1.79 bits per heavy atom. The van der Waals surface area contributed by atoms with Gasteiger partial charge in [0.05, 0.1) is 0 Å². The monoisotopic (exact) mass is 266 g/mol. The van der Waals surface area contributed by atoms with E-state index in [4.69, 9.17) is 16.5 Å². The summed E-state index contributed by atoms with van der Waals surface area (Å²) in [6.07, 6.45) is 0. The van der Waals surface area contributed by atoms with Crippen LogP contribution in [-0.2, 0) is 16.5 Å². The first-order valence-corrected chi connectivity index (χ1v) is 13.4. The molecule has 8 heteroatoms. The van der Waals surface area contributed by atoms with Crippen molar-refractivity contribution in [2.75, 3.05) is 0 Å². The molecule has 14 heavy (non-hydrogen) atoms. The summed E-state index contributed by atoms with van der Waals surface area (Å²) < 4.78 is 23.2. The predicted octanol–water partition coefficient (Wildman–Crippen LogP) is 0.414. The quantitative estimate of drug-likeness (QED) is 0.645. The van der Waals surface area contributed by atoms with E-state index in [9.17, 15) is 0 Å². The summed E-state index contributed by atoms with van der Waals surface area (Å²) in [4.78, 5) is 0. The highest BCUT2D eigenvalue weighted by Crippen LogP contribution is 2.16. The third-order valence-electron chi connectivity index (χ3n) is 1.94. The van der Waals surface area contributed by atoms with Gasteiger partial charge >= 0.3 is 27.1 Å². The molecule has 1 saturated heterocycles. The van der Waals surface area contributed by atoms with E-state index in [0.29, 0.717) is 0 Å². The molecule has 0 aromatic carbocycles. The Kier molecular flexibility index (Phi) is 4.46. The van der Waals surface area contributed by atoms with Gasteiger partial charge in [0.15, 0.2) is 0 Å². The van der Waals surface area contributed by atoms with Crippen LogP contribution < -0.4 is 0 Å². The molecule has 0 spiro atoms. The average Bonchev–Trinajstić information content (AvgIpc) is 2.00. The first-order valence-electron chi connectivity index (χ1n) is 4.75. The highest BCUT2D eigenvalue weighted by Gasteiger charge is 2.36. The molecular weight excluding hydrogens is 248 g/mol. The molecule has 0 amide bonds. The molecule has 0 N–H and O–H groups in total. The van der Waals surface area contributed by atoms with E-state index >= 15 is 0 Å². The Hall–Kier alpha value is 0.448. The molecule has 1 aliphatic heterocycles. The molecule has 0 aromatic rings. The van der Waals surface area contributed by atoms with Crippen LogP contribution in [0.3, 0.4) is 0 Å². The van der Waals surface area contributed by atoms with Crippen LogP contribution in [0.5, 0.6) is 0 Å². The second-order valence-corrected chi connectivity index (χ2v) is 13.3. The van der Waals surface area contributed by atoms with Crippen molar-refractivity contribution >= 4 is 36.4 Å². The van der Waals surface area contributed by atoms with Crippen molar-refractivity contribution in [1.29, 1.82) is 0 Å². The first kappa shape index (κ1) is 12.5. The molecule has 1 fully saturated rings. The summed E-state index contributed by atoms with van der Waals surface area (Å²) in [5.74, 6) is 0. The minimum absolute atomic E-state index is 1.49. The standard InChI is InChI=1S/C6H18O4Si4/c1-6-14(5)9-12(3)7-11(2)8-13(4)10-14/h6,11-13H,1H2,2-5H3. The molecule has 0 bridgehead atoms. The van der Waals surface area contributed by atoms with E-state index in [1.54, 1.807) is 0 Å². The van der Waals surface area contributed by atoms with Crippen molar-refractivity contribution in [3.8, 4) is 0 Å². The van der Waals surface area contributed by atoms with Crippen molar-refractivity contribution in [1.82, 2.24) is 0 Å². The molecular formula is C6H18O4Si4. The third-order valence-corrected chi connectivity index (χ3v) is 15.2. The van der Waals surface area contributed by atoms with Gasteiger partial charge in [-0.2, -0.15) is 0 Å². The van der Waals surface area contributed by atoms with Gasteiger partial charge in [-0.1, -0.05) is 5.70 Å². The predicted molar refractivity (Wildman–Crippen MR) is 65.2 cm³/mol. The van der Waals surface area contributed by atoms with Crippen LogP contribution in [0, 0.1) is 0 Å². The number of hydrogen-bond acceptors (Lipinski definition) is 4. The summed E-state index contributed by atoms with van der Waals surface area (Å²) >= 11 is 0. The molecule has 0 saturated carbocycles. The van der Waals surface area contributed by atoms with Gasteiger partial charge in [0.25, 0.3) is 9.28 Å². The van der Waals surface area contributed by atoms with Crippen molar-refractivity contribution in [3.63, 3.8) is 0 Å². The average molecular weight is 267 g/mol. The summed E-state index contributed by atoms with van der Waals surface area (Å²) in [5.41, 5.74) is 1.81. The molecule has 2 atom stereocenters. The lowest BCUT2D eigenvalue weighted by Crippen LogP contribution is -2.52. The maximum atomic E-state index is 5.87. The van der Waals surface area contributed by atoms with E-state index in [1.165, 1.54) is 0 Å². The fourth-order valence-corrected chi connectivity index (χ4v) is 14.8.